The van der Waals surface area contributed by atoms with Crippen molar-refractivity contribution in [3.63, 3.8) is 0 Å². The molecule has 2 N–H and O–H groups in total. The second-order valence-electron chi connectivity index (χ2n) is 7.05. The number of nitrogens with two attached hydrogens (primary N) is 1. The topological polar surface area (TPSA) is 63.4 Å². The summed E-state index contributed by atoms with van der Waals surface area (Å²) in [5, 5.41) is 5.23. The molecule has 0 radical (unpaired) electrons. The number of nitrogens with zero attached hydrogens (tertiary/aromatic N) is 1. The zero-order valence-electron chi connectivity index (χ0n) is 11.8. The molecule has 0 aromatic rings. The van der Waals surface area contributed by atoms with Gasteiger partial charge in [0.25, 0.3) is 10.2 Å². The van der Waals surface area contributed by atoms with Crippen molar-refractivity contribution < 1.29 is 8.42 Å². The van der Waals surface area contributed by atoms with Gasteiger partial charge in [-0.3, -0.25) is 0 Å². The van der Waals surface area contributed by atoms with E-state index >= 15 is 0 Å². The Morgan fingerprint density at radius 3 is 2.00 bits per heavy atom. The van der Waals surface area contributed by atoms with Crippen LogP contribution in [0.5, 0.6) is 0 Å². The molecule has 0 bridgehead atoms. The summed E-state index contributed by atoms with van der Waals surface area (Å²) in [6.45, 7) is 7.94. The number of hydrogen-bond acceptors (Lipinski definition) is 2. The summed E-state index contributed by atoms with van der Waals surface area (Å²) >= 11 is 0. The van der Waals surface area contributed by atoms with Crippen LogP contribution in [0.1, 0.15) is 52.9 Å². The van der Waals surface area contributed by atoms with Crippen molar-refractivity contribution in [1.29, 1.82) is 0 Å². The van der Waals surface area contributed by atoms with Gasteiger partial charge >= 0.3 is 0 Å². The summed E-state index contributed by atoms with van der Waals surface area (Å²) in [5.41, 5.74) is 0.260. The highest BCUT2D eigenvalue weighted by Crippen LogP contribution is 2.55. The number of hydrogen-bond donors (Lipinski definition) is 1. The fourth-order valence-corrected chi connectivity index (χ4v) is 4.58. The predicted molar refractivity (Wildman–Crippen MR) is 73.1 cm³/mol. The van der Waals surface area contributed by atoms with Crippen molar-refractivity contribution in [3.8, 4) is 0 Å². The molecule has 4 nitrogen and oxygen atoms in total. The molecule has 5 heteroatoms. The standard InChI is InChI=1S/C13H26N2O2S/c1-12(2,3)13(11-7-5-4-6-8-11)9-15(10-13)18(14,16)17/h11H,4-10H2,1-3H3,(H2,14,16,17). The lowest BCUT2D eigenvalue weighted by molar-refractivity contribution is -0.0964. The molecule has 0 spiro atoms. The van der Waals surface area contributed by atoms with Gasteiger partial charge in [-0.15, -0.1) is 0 Å². The predicted octanol–water partition coefficient (Wildman–Crippen LogP) is 2.12. The summed E-state index contributed by atoms with van der Waals surface area (Å²) in [7, 11) is -3.50. The fraction of sp³-hybridized carbons (Fsp3) is 1.00. The molecule has 0 unspecified atom stereocenters. The zero-order chi connectivity index (χ0) is 13.6. The Kier molecular flexibility index (Phi) is 3.54. The minimum atomic E-state index is -3.50. The monoisotopic (exact) mass is 274 g/mol. The minimum absolute atomic E-state index is 0.125. The van der Waals surface area contributed by atoms with Gasteiger partial charge in [0, 0.05) is 18.5 Å². The molecule has 2 aliphatic rings. The van der Waals surface area contributed by atoms with E-state index in [1.54, 1.807) is 0 Å². The van der Waals surface area contributed by atoms with E-state index in [9.17, 15) is 8.42 Å². The molecule has 1 saturated carbocycles. The maximum Gasteiger partial charge on any atom is 0.276 e. The second-order valence-corrected chi connectivity index (χ2v) is 8.60. The summed E-state index contributed by atoms with van der Waals surface area (Å²) in [5.74, 6) is 0.657. The first kappa shape index (κ1) is 14.3. The van der Waals surface area contributed by atoms with Gasteiger partial charge in [0.05, 0.1) is 0 Å². The van der Waals surface area contributed by atoms with Crippen molar-refractivity contribution in [2.75, 3.05) is 13.1 Å². The molecule has 2 fully saturated rings. The molecular weight excluding hydrogens is 248 g/mol. The summed E-state index contributed by atoms with van der Waals surface area (Å²) in [6, 6.07) is 0. The lowest BCUT2D eigenvalue weighted by Crippen LogP contribution is -2.67. The van der Waals surface area contributed by atoms with Crippen LogP contribution in [0.3, 0.4) is 0 Å². The Morgan fingerprint density at radius 2 is 1.61 bits per heavy atom. The van der Waals surface area contributed by atoms with Crippen LogP contribution in [0.15, 0.2) is 0 Å². The Bertz CT molecular complexity index is 399. The van der Waals surface area contributed by atoms with Crippen molar-refractivity contribution in [1.82, 2.24) is 4.31 Å². The largest absolute Gasteiger partial charge is 0.276 e. The smallest absolute Gasteiger partial charge is 0.216 e. The fourth-order valence-electron chi connectivity index (χ4n) is 3.76. The Labute approximate surface area is 111 Å². The van der Waals surface area contributed by atoms with Crippen LogP contribution in [0, 0.1) is 16.7 Å². The van der Waals surface area contributed by atoms with E-state index in [-0.39, 0.29) is 10.8 Å². The molecule has 0 atom stereocenters. The third-order valence-corrected chi connectivity index (χ3v) is 6.14. The van der Waals surface area contributed by atoms with Crippen molar-refractivity contribution in [3.05, 3.63) is 0 Å². The van der Waals surface area contributed by atoms with E-state index in [0.29, 0.717) is 19.0 Å². The summed E-state index contributed by atoms with van der Waals surface area (Å²) in [6.07, 6.45) is 6.40. The van der Waals surface area contributed by atoms with Gasteiger partial charge in [-0.25, -0.2) is 5.14 Å². The van der Waals surface area contributed by atoms with Crippen molar-refractivity contribution in [2.45, 2.75) is 52.9 Å². The molecule has 1 saturated heterocycles. The van der Waals surface area contributed by atoms with Gasteiger partial charge in [0.2, 0.25) is 0 Å². The van der Waals surface area contributed by atoms with E-state index < -0.39 is 10.2 Å². The summed E-state index contributed by atoms with van der Waals surface area (Å²) < 4.78 is 24.3. The molecule has 0 aromatic carbocycles. The van der Waals surface area contributed by atoms with E-state index in [0.717, 1.165) is 0 Å². The van der Waals surface area contributed by atoms with Crippen LogP contribution in [0.25, 0.3) is 0 Å². The zero-order valence-corrected chi connectivity index (χ0v) is 12.6. The van der Waals surface area contributed by atoms with Crippen LogP contribution in [0.4, 0.5) is 0 Å². The van der Waals surface area contributed by atoms with Gasteiger partial charge in [-0.1, -0.05) is 40.0 Å². The van der Waals surface area contributed by atoms with Gasteiger partial charge in [0.1, 0.15) is 0 Å². The van der Waals surface area contributed by atoms with Crippen LogP contribution < -0.4 is 5.14 Å². The Hall–Kier alpha value is -0.130. The SMILES string of the molecule is CC(C)(C)C1(C2CCCCC2)CN(S(N)(=O)=O)C1. The maximum atomic E-state index is 11.4. The first-order valence-electron chi connectivity index (χ1n) is 6.95. The third-order valence-electron chi connectivity index (χ3n) is 5.16. The molecule has 1 aliphatic heterocycles. The molecule has 1 aliphatic carbocycles. The van der Waals surface area contributed by atoms with E-state index in [2.05, 4.69) is 20.8 Å². The molecular formula is C13H26N2O2S. The van der Waals surface area contributed by atoms with Crippen LogP contribution >= 0.6 is 0 Å². The molecule has 106 valence electrons. The van der Waals surface area contributed by atoms with Gasteiger partial charge in [-0.05, 0) is 24.2 Å². The lowest BCUT2D eigenvalue weighted by atomic mass is 9.53. The maximum absolute atomic E-state index is 11.4. The summed E-state index contributed by atoms with van der Waals surface area (Å²) in [4.78, 5) is 0. The quantitative estimate of drug-likeness (QED) is 0.838. The molecule has 1 heterocycles. The molecule has 2 rings (SSSR count). The Morgan fingerprint density at radius 1 is 1.11 bits per heavy atom. The lowest BCUT2D eigenvalue weighted by Gasteiger charge is -2.60. The highest BCUT2D eigenvalue weighted by molar-refractivity contribution is 7.86. The average Bonchev–Trinajstić information content (AvgIpc) is 2.12. The van der Waals surface area contributed by atoms with E-state index in [1.807, 2.05) is 0 Å². The van der Waals surface area contributed by atoms with Crippen LogP contribution in [0.2, 0.25) is 0 Å². The average molecular weight is 274 g/mol. The molecule has 0 aromatic heterocycles. The molecule has 0 amide bonds. The van der Waals surface area contributed by atoms with E-state index in [4.69, 9.17) is 5.14 Å². The van der Waals surface area contributed by atoms with E-state index in [1.165, 1.54) is 36.4 Å². The van der Waals surface area contributed by atoms with Crippen LogP contribution in [-0.2, 0) is 10.2 Å². The third kappa shape index (κ3) is 2.32. The molecule has 18 heavy (non-hydrogen) atoms. The Balaban J connectivity index is 2.18. The first-order valence-corrected chi connectivity index (χ1v) is 8.45. The number of rotatable bonds is 2. The first-order chi connectivity index (χ1) is 8.17. The highest BCUT2D eigenvalue weighted by atomic mass is 32.2. The normalized spacial score (nSPS) is 26.9. The van der Waals surface area contributed by atoms with Gasteiger partial charge < -0.3 is 0 Å². The van der Waals surface area contributed by atoms with Crippen molar-refractivity contribution in [2.24, 2.45) is 21.9 Å². The minimum Gasteiger partial charge on any atom is -0.216 e. The van der Waals surface area contributed by atoms with Crippen LogP contribution in [-0.4, -0.2) is 25.8 Å². The van der Waals surface area contributed by atoms with Gasteiger partial charge in [0.15, 0.2) is 0 Å². The highest BCUT2D eigenvalue weighted by Gasteiger charge is 2.57. The second kappa shape index (κ2) is 4.46. The van der Waals surface area contributed by atoms with Gasteiger partial charge in [-0.2, -0.15) is 12.7 Å². The van der Waals surface area contributed by atoms with Crippen molar-refractivity contribution >= 4 is 10.2 Å².